The van der Waals surface area contributed by atoms with Crippen LogP contribution < -0.4 is 5.32 Å². The molecule has 138 valence electrons. The van der Waals surface area contributed by atoms with Gasteiger partial charge in [0.15, 0.2) is 17.2 Å². The largest absolute Gasteiger partial charge is 0.504 e. The highest BCUT2D eigenvalue weighted by Gasteiger charge is 2.31. The molecule has 0 radical (unpaired) electrons. The summed E-state index contributed by atoms with van der Waals surface area (Å²) in [6, 6.07) is 2.21. The second-order valence-electron chi connectivity index (χ2n) is 6.92. The third-order valence-corrected chi connectivity index (χ3v) is 5.05. The monoisotopic (exact) mass is 370 g/mol. The first kappa shape index (κ1) is 19.2. The molecule has 2 rings (SSSR count). The molecular weight excluding hydrogens is 348 g/mol. The Bertz CT molecular complexity index is 646. The number of carbonyl (C=O) groups excluding carboxylic acids is 2. The Balaban J connectivity index is 1.96. The zero-order valence-corrected chi connectivity index (χ0v) is 15.0. The number of nitrogens with zero attached hydrogens (tertiary/aromatic N) is 1. The highest BCUT2D eigenvalue weighted by Crippen LogP contribution is 2.35. The number of alkyl halides is 1. The van der Waals surface area contributed by atoms with Crippen molar-refractivity contribution in [3.05, 3.63) is 17.7 Å². The molecule has 0 aliphatic carbocycles. The van der Waals surface area contributed by atoms with Gasteiger partial charge in [0.1, 0.15) is 0 Å². The van der Waals surface area contributed by atoms with Crippen molar-refractivity contribution in [2.24, 2.45) is 5.41 Å². The molecular formula is C17H23ClN2O5. The molecule has 0 unspecified atom stereocenters. The number of benzene rings is 1. The zero-order chi connectivity index (χ0) is 18.8. The number of aromatic hydroxyl groups is 3. The van der Waals surface area contributed by atoms with E-state index in [1.165, 1.54) is 0 Å². The molecule has 0 aromatic heterocycles. The molecule has 4 N–H and O–H groups in total. The van der Waals surface area contributed by atoms with Crippen LogP contribution in [-0.4, -0.2) is 57.0 Å². The van der Waals surface area contributed by atoms with E-state index in [9.17, 15) is 24.9 Å². The Kier molecular flexibility index (Phi) is 5.67. The molecule has 1 saturated heterocycles. The molecule has 25 heavy (non-hydrogen) atoms. The lowest BCUT2D eigenvalue weighted by atomic mass is 9.93. The molecule has 1 fully saturated rings. The summed E-state index contributed by atoms with van der Waals surface area (Å²) in [6.45, 7) is 4.43. The lowest BCUT2D eigenvalue weighted by Gasteiger charge is -2.34. The van der Waals surface area contributed by atoms with Crippen molar-refractivity contribution in [1.82, 2.24) is 10.2 Å². The fraction of sp³-hybridized carbons (Fsp3) is 0.529. The number of phenols is 3. The Hall–Kier alpha value is -2.15. The van der Waals surface area contributed by atoms with Gasteiger partial charge < -0.3 is 25.5 Å². The summed E-state index contributed by atoms with van der Waals surface area (Å²) in [4.78, 5) is 26.2. The fourth-order valence-electron chi connectivity index (χ4n) is 2.58. The highest BCUT2D eigenvalue weighted by molar-refractivity contribution is 6.19. The van der Waals surface area contributed by atoms with Gasteiger partial charge in [0.2, 0.25) is 5.91 Å². The van der Waals surface area contributed by atoms with Gasteiger partial charge in [-0.25, -0.2) is 0 Å². The van der Waals surface area contributed by atoms with Crippen LogP contribution in [0, 0.1) is 5.41 Å². The maximum Gasteiger partial charge on any atom is 0.254 e. The predicted molar refractivity (Wildman–Crippen MR) is 93.0 cm³/mol. The second-order valence-corrected chi connectivity index (χ2v) is 7.19. The van der Waals surface area contributed by atoms with Crippen molar-refractivity contribution in [3.63, 3.8) is 0 Å². The van der Waals surface area contributed by atoms with Crippen LogP contribution in [0.4, 0.5) is 0 Å². The Morgan fingerprint density at radius 2 is 1.72 bits per heavy atom. The van der Waals surface area contributed by atoms with Crippen LogP contribution in [0.25, 0.3) is 0 Å². The molecule has 2 amide bonds. The predicted octanol–water partition coefficient (Wildman–Crippen LogP) is 1.79. The van der Waals surface area contributed by atoms with Crippen LogP contribution in [0.15, 0.2) is 12.1 Å². The second kappa shape index (κ2) is 7.39. The SMILES string of the molecule is CC(C)(CCl)C(=O)NC1CCN(C(=O)c2cc(O)c(O)c(O)c2)CC1. The van der Waals surface area contributed by atoms with Gasteiger partial charge in [-0.1, -0.05) is 0 Å². The van der Waals surface area contributed by atoms with Crippen molar-refractivity contribution < 1.29 is 24.9 Å². The van der Waals surface area contributed by atoms with E-state index in [4.69, 9.17) is 11.6 Å². The van der Waals surface area contributed by atoms with E-state index in [1.54, 1.807) is 18.7 Å². The van der Waals surface area contributed by atoms with Gasteiger partial charge in [-0.3, -0.25) is 9.59 Å². The molecule has 0 spiro atoms. The fourth-order valence-corrected chi connectivity index (χ4v) is 2.70. The number of halogens is 1. The highest BCUT2D eigenvalue weighted by atomic mass is 35.5. The van der Waals surface area contributed by atoms with Crippen molar-refractivity contribution in [3.8, 4) is 17.2 Å². The molecule has 0 atom stereocenters. The number of piperidine rings is 1. The first-order valence-corrected chi connectivity index (χ1v) is 8.60. The molecule has 1 aromatic rings. The molecule has 1 heterocycles. The summed E-state index contributed by atoms with van der Waals surface area (Å²) in [5.74, 6) is -1.98. The summed E-state index contributed by atoms with van der Waals surface area (Å²) in [5, 5.41) is 31.4. The average Bonchev–Trinajstić information content (AvgIpc) is 2.59. The van der Waals surface area contributed by atoms with Crippen molar-refractivity contribution in [2.75, 3.05) is 19.0 Å². The van der Waals surface area contributed by atoms with E-state index in [2.05, 4.69) is 5.32 Å². The minimum Gasteiger partial charge on any atom is -0.504 e. The van der Waals surface area contributed by atoms with Crippen molar-refractivity contribution in [2.45, 2.75) is 32.7 Å². The summed E-state index contributed by atoms with van der Waals surface area (Å²) in [7, 11) is 0. The van der Waals surface area contributed by atoms with E-state index in [1.807, 2.05) is 0 Å². The van der Waals surface area contributed by atoms with Gasteiger partial charge in [-0.05, 0) is 38.8 Å². The minimum absolute atomic E-state index is 0.0272. The van der Waals surface area contributed by atoms with E-state index in [-0.39, 0.29) is 29.3 Å². The maximum atomic E-state index is 12.5. The van der Waals surface area contributed by atoms with Crippen LogP contribution in [0.5, 0.6) is 17.2 Å². The van der Waals surface area contributed by atoms with Gasteiger partial charge in [0.05, 0.1) is 5.41 Å². The molecule has 8 heteroatoms. The number of nitrogens with one attached hydrogen (secondary N) is 1. The summed E-state index contributed by atoms with van der Waals surface area (Å²) in [6.07, 6.45) is 1.21. The van der Waals surface area contributed by atoms with E-state index >= 15 is 0 Å². The van der Waals surface area contributed by atoms with Crippen LogP contribution in [0.3, 0.4) is 0 Å². The third-order valence-electron chi connectivity index (χ3n) is 4.38. The van der Waals surface area contributed by atoms with Crippen LogP contribution in [0.1, 0.15) is 37.0 Å². The van der Waals surface area contributed by atoms with Crippen molar-refractivity contribution in [1.29, 1.82) is 0 Å². The normalized spacial score (nSPS) is 15.9. The standard InChI is InChI=1S/C17H23ClN2O5/c1-17(2,9-18)16(25)19-11-3-5-20(6-4-11)15(24)10-7-12(21)14(23)13(22)8-10/h7-8,11,21-23H,3-6,9H2,1-2H3,(H,19,25). The van der Waals surface area contributed by atoms with E-state index in [0.29, 0.717) is 25.9 Å². The number of hydrogen-bond donors (Lipinski definition) is 4. The Morgan fingerprint density at radius 1 is 1.20 bits per heavy atom. The van der Waals surface area contributed by atoms with Gasteiger partial charge in [-0.2, -0.15) is 0 Å². The topological polar surface area (TPSA) is 110 Å². The summed E-state index contributed by atoms with van der Waals surface area (Å²) >= 11 is 5.80. The number of hydrogen-bond acceptors (Lipinski definition) is 5. The van der Waals surface area contributed by atoms with Crippen LogP contribution >= 0.6 is 11.6 Å². The first-order valence-electron chi connectivity index (χ1n) is 8.07. The number of amides is 2. The number of likely N-dealkylation sites (tertiary alicyclic amines) is 1. The number of rotatable bonds is 4. The number of phenolic OH excluding ortho intramolecular Hbond substituents is 3. The van der Waals surface area contributed by atoms with Gasteiger partial charge in [0, 0.05) is 30.6 Å². The quantitative estimate of drug-likeness (QED) is 0.477. The van der Waals surface area contributed by atoms with Crippen LogP contribution in [-0.2, 0) is 4.79 Å². The molecule has 1 aliphatic heterocycles. The third kappa shape index (κ3) is 4.28. The van der Waals surface area contributed by atoms with Gasteiger partial charge in [-0.15, -0.1) is 11.6 Å². The average molecular weight is 371 g/mol. The maximum absolute atomic E-state index is 12.5. The first-order chi connectivity index (χ1) is 11.7. The lowest BCUT2D eigenvalue weighted by molar-refractivity contribution is -0.129. The molecule has 1 aromatic carbocycles. The lowest BCUT2D eigenvalue weighted by Crippen LogP contribution is -2.49. The van der Waals surface area contributed by atoms with E-state index < -0.39 is 22.7 Å². The van der Waals surface area contributed by atoms with Crippen molar-refractivity contribution >= 4 is 23.4 Å². The molecule has 0 bridgehead atoms. The Labute approximate surface area is 151 Å². The van der Waals surface area contributed by atoms with Gasteiger partial charge in [0.25, 0.3) is 5.91 Å². The summed E-state index contributed by atoms with van der Waals surface area (Å²) in [5.41, 5.74) is -0.547. The minimum atomic E-state index is -0.653. The smallest absolute Gasteiger partial charge is 0.254 e. The summed E-state index contributed by atoms with van der Waals surface area (Å²) < 4.78 is 0. The van der Waals surface area contributed by atoms with Crippen LogP contribution in [0.2, 0.25) is 0 Å². The van der Waals surface area contributed by atoms with E-state index in [0.717, 1.165) is 12.1 Å². The molecule has 1 aliphatic rings. The molecule has 0 saturated carbocycles. The van der Waals surface area contributed by atoms with Gasteiger partial charge >= 0.3 is 0 Å². The number of carbonyl (C=O) groups is 2. The molecule has 7 nitrogen and oxygen atoms in total. The Morgan fingerprint density at radius 3 is 2.20 bits per heavy atom. The zero-order valence-electron chi connectivity index (χ0n) is 14.3.